The zero-order valence-corrected chi connectivity index (χ0v) is 9.13. The second-order valence-corrected chi connectivity index (χ2v) is 3.14. The van der Waals surface area contributed by atoms with Crippen LogP contribution < -0.4 is 9.47 Å². The van der Waals surface area contributed by atoms with E-state index in [1.807, 2.05) is 0 Å². The van der Waals surface area contributed by atoms with Crippen LogP contribution in [0.15, 0.2) is 6.20 Å². The lowest BCUT2D eigenvalue weighted by Gasteiger charge is -2.14. The van der Waals surface area contributed by atoms with E-state index < -0.39 is 12.2 Å². The van der Waals surface area contributed by atoms with Crippen molar-refractivity contribution in [3.05, 3.63) is 17.3 Å². The average Bonchev–Trinajstić information content (AvgIpc) is 2.21. The van der Waals surface area contributed by atoms with Gasteiger partial charge in [0.05, 0.1) is 25.2 Å². The number of methoxy groups -OCH3 is 1. The lowest BCUT2D eigenvalue weighted by molar-refractivity contribution is -0.276. The van der Waals surface area contributed by atoms with Crippen molar-refractivity contribution in [3.63, 3.8) is 0 Å². The molecule has 17 heavy (non-hydrogen) atoms. The monoisotopic (exact) mass is 246 g/mol. The van der Waals surface area contributed by atoms with Gasteiger partial charge < -0.3 is 9.47 Å². The molecule has 7 heteroatoms. The van der Waals surface area contributed by atoms with Crippen LogP contribution in [0.25, 0.3) is 0 Å². The van der Waals surface area contributed by atoms with Crippen molar-refractivity contribution in [2.24, 2.45) is 0 Å². The molecule has 1 rings (SSSR count). The number of aromatic nitrogens is 1. The number of alkyl halides is 3. The summed E-state index contributed by atoms with van der Waals surface area (Å²) >= 11 is 0. The van der Waals surface area contributed by atoms with E-state index in [1.165, 1.54) is 13.3 Å². The molecule has 0 aliphatic heterocycles. The first-order valence-electron chi connectivity index (χ1n) is 4.54. The molecular weight excluding hydrogens is 237 g/mol. The maximum absolute atomic E-state index is 12.1. The summed E-state index contributed by atoms with van der Waals surface area (Å²) < 4.78 is 45.0. The number of rotatable bonds is 3. The van der Waals surface area contributed by atoms with Crippen LogP contribution in [0.3, 0.4) is 0 Å². The Morgan fingerprint density at radius 3 is 2.59 bits per heavy atom. The molecule has 0 radical (unpaired) electrons. The highest BCUT2D eigenvalue weighted by Gasteiger charge is 2.33. The molecule has 0 aliphatic rings. The van der Waals surface area contributed by atoms with Crippen molar-refractivity contribution >= 4 is 0 Å². The van der Waals surface area contributed by atoms with Gasteiger partial charge in [0.2, 0.25) is 5.88 Å². The number of ether oxygens (including phenoxy) is 2. The summed E-state index contributed by atoms with van der Waals surface area (Å²) in [4.78, 5) is 3.52. The Hall–Kier alpha value is -1.97. The highest BCUT2D eigenvalue weighted by molar-refractivity contribution is 5.46. The number of hydrogen-bond acceptors (Lipinski definition) is 4. The van der Waals surface area contributed by atoms with Gasteiger partial charge >= 0.3 is 6.36 Å². The smallest absolute Gasteiger partial charge is 0.496 e. The van der Waals surface area contributed by atoms with Crippen LogP contribution >= 0.6 is 0 Å². The van der Waals surface area contributed by atoms with Crippen molar-refractivity contribution in [1.29, 1.82) is 5.26 Å². The molecule has 0 saturated carbocycles. The van der Waals surface area contributed by atoms with Gasteiger partial charge in [0.1, 0.15) is 5.75 Å². The first-order valence-corrected chi connectivity index (χ1v) is 4.54. The molecule has 0 N–H and O–H groups in total. The normalized spacial score (nSPS) is 10.8. The SMILES string of the molecule is COc1c(C)cnc(OC(F)(F)F)c1CC#N. The van der Waals surface area contributed by atoms with Crippen molar-refractivity contribution in [2.45, 2.75) is 19.7 Å². The molecule has 92 valence electrons. The number of nitriles is 1. The van der Waals surface area contributed by atoms with Crippen LogP contribution in [0, 0.1) is 18.3 Å². The number of nitrogens with zero attached hydrogens (tertiary/aromatic N) is 2. The summed E-state index contributed by atoms with van der Waals surface area (Å²) in [6, 6.07) is 1.74. The fourth-order valence-electron chi connectivity index (χ4n) is 1.34. The van der Waals surface area contributed by atoms with Crippen molar-refractivity contribution < 1.29 is 22.6 Å². The van der Waals surface area contributed by atoms with Crippen molar-refractivity contribution in [3.8, 4) is 17.7 Å². The molecule has 1 aromatic heterocycles. The van der Waals surface area contributed by atoms with Crippen molar-refractivity contribution in [2.75, 3.05) is 7.11 Å². The summed E-state index contributed by atoms with van der Waals surface area (Å²) in [7, 11) is 1.31. The summed E-state index contributed by atoms with van der Waals surface area (Å²) in [5.41, 5.74) is 0.527. The van der Waals surface area contributed by atoms with Crippen LogP contribution in [-0.2, 0) is 6.42 Å². The lowest BCUT2D eigenvalue weighted by atomic mass is 10.1. The summed E-state index contributed by atoms with van der Waals surface area (Å²) in [6.45, 7) is 1.62. The average molecular weight is 246 g/mol. The van der Waals surface area contributed by atoms with Gasteiger partial charge in [-0.3, -0.25) is 0 Å². The zero-order valence-electron chi connectivity index (χ0n) is 9.13. The Balaban J connectivity index is 3.26. The maximum atomic E-state index is 12.1. The molecule has 4 nitrogen and oxygen atoms in total. The van der Waals surface area contributed by atoms with Crippen LogP contribution in [0.4, 0.5) is 13.2 Å². The highest BCUT2D eigenvalue weighted by atomic mass is 19.4. The van der Waals surface area contributed by atoms with E-state index in [1.54, 1.807) is 13.0 Å². The third-order valence-corrected chi connectivity index (χ3v) is 1.94. The number of hydrogen-bond donors (Lipinski definition) is 0. The zero-order chi connectivity index (χ0) is 13.1. The first kappa shape index (κ1) is 13.1. The standard InChI is InChI=1S/C10H9F3N2O2/c1-6-5-15-9(17-10(11,12)13)7(3-4-14)8(6)16-2/h5H,3H2,1-2H3. The van der Waals surface area contributed by atoms with Crippen molar-refractivity contribution in [1.82, 2.24) is 4.98 Å². The Bertz CT molecular complexity index is 452. The largest absolute Gasteiger partial charge is 0.574 e. The molecule has 1 heterocycles. The van der Waals surface area contributed by atoms with Crippen LogP contribution in [-0.4, -0.2) is 18.5 Å². The van der Waals surface area contributed by atoms with E-state index >= 15 is 0 Å². The third-order valence-electron chi connectivity index (χ3n) is 1.94. The Labute approximate surface area is 95.6 Å². The minimum absolute atomic E-state index is 0.00711. The molecule has 0 unspecified atom stereocenters. The molecule has 0 bridgehead atoms. The minimum atomic E-state index is -4.85. The van der Waals surface area contributed by atoms with E-state index in [9.17, 15) is 13.2 Å². The molecule has 0 aromatic carbocycles. The minimum Gasteiger partial charge on any atom is -0.496 e. The second kappa shape index (κ2) is 4.91. The maximum Gasteiger partial charge on any atom is 0.574 e. The van der Waals surface area contributed by atoms with Gasteiger partial charge in [-0.1, -0.05) is 0 Å². The molecule has 0 atom stereocenters. The molecule has 0 saturated heterocycles. The number of halogens is 3. The van der Waals surface area contributed by atoms with E-state index in [0.29, 0.717) is 5.56 Å². The van der Waals surface area contributed by atoms with Crippen LogP contribution in [0.1, 0.15) is 11.1 Å². The summed E-state index contributed by atoms with van der Waals surface area (Å²) in [5, 5.41) is 8.58. The van der Waals surface area contributed by atoms with Gasteiger partial charge in [-0.25, -0.2) is 4.98 Å². The quantitative estimate of drug-likeness (QED) is 0.821. The van der Waals surface area contributed by atoms with E-state index in [0.717, 1.165) is 0 Å². The predicted molar refractivity (Wildman–Crippen MR) is 51.5 cm³/mol. The first-order chi connectivity index (χ1) is 7.89. The summed E-state index contributed by atoms with van der Waals surface area (Å²) in [5.74, 6) is -0.470. The van der Waals surface area contributed by atoms with Gasteiger partial charge in [-0.15, -0.1) is 13.2 Å². The fraction of sp³-hybridized carbons (Fsp3) is 0.400. The molecule has 1 aromatic rings. The Morgan fingerprint density at radius 1 is 1.47 bits per heavy atom. The highest BCUT2D eigenvalue weighted by Crippen LogP contribution is 2.33. The van der Waals surface area contributed by atoms with Gasteiger partial charge in [0.15, 0.2) is 0 Å². The number of aryl methyl sites for hydroxylation is 1. The predicted octanol–water partition coefficient (Wildman–Crippen LogP) is 2.36. The van der Waals surface area contributed by atoms with Gasteiger partial charge in [-0.05, 0) is 6.92 Å². The number of pyridine rings is 1. The molecule has 0 amide bonds. The Morgan fingerprint density at radius 2 is 2.12 bits per heavy atom. The molecule has 0 aliphatic carbocycles. The fourth-order valence-corrected chi connectivity index (χ4v) is 1.34. The van der Waals surface area contributed by atoms with Gasteiger partial charge in [0, 0.05) is 11.8 Å². The van der Waals surface area contributed by atoms with E-state index in [-0.39, 0.29) is 17.7 Å². The Kier molecular flexibility index (Phi) is 3.78. The summed E-state index contributed by atoms with van der Waals surface area (Å²) in [6.07, 6.45) is -3.93. The van der Waals surface area contributed by atoms with Gasteiger partial charge in [-0.2, -0.15) is 5.26 Å². The van der Waals surface area contributed by atoms with E-state index in [2.05, 4.69) is 9.72 Å². The molecular formula is C10H9F3N2O2. The van der Waals surface area contributed by atoms with E-state index in [4.69, 9.17) is 10.00 Å². The molecule has 0 spiro atoms. The van der Waals surface area contributed by atoms with Crippen LogP contribution in [0.2, 0.25) is 0 Å². The third kappa shape index (κ3) is 3.24. The van der Waals surface area contributed by atoms with Gasteiger partial charge in [0.25, 0.3) is 0 Å². The second-order valence-electron chi connectivity index (χ2n) is 3.14. The topological polar surface area (TPSA) is 55.1 Å². The lowest BCUT2D eigenvalue weighted by Crippen LogP contribution is -2.19. The molecule has 0 fully saturated rings. The van der Waals surface area contributed by atoms with Crippen LogP contribution in [0.5, 0.6) is 11.6 Å².